The van der Waals surface area contributed by atoms with Crippen LogP contribution in [0.25, 0.3) is 0 Å². The van der Waals surface area contributed by atoms with Gasteiger partial charge in [-0.1, -0.05) is 99.6 Å². The number of carbonyl (C=O) groups is 6. The van der Waals surface area contributed by atoms with E-state index in [1.54, 1.807) is 16.5 Å². The Hall–Kier alpha value is -4.41. The van der Waals surface area contributed by atoms with Gasteiger partial charge in [0.15, 0.2) is 0 Å². The molecule has 58 heavy (non-hydrogen) atoms. The first kappa shape index (κ1) is 46.3. The van der Waals surface area contributed by atoms with Crippen molar-refractivity contribution in [2.45, 2.75) is 130 Å². The minimum absolute atomic E-state index is 0.103. The summed E-state index contributed by atoms with van der Waals surface area (Å²) in [6.45, 7) is 19.2. The van der Waals surface area contributed by atoms with Crippen LogP contribution >= 0.6 is 11.3 Å². The van der Waals surface area contributed by atoms with Gasteiger partial charge in [-0.05, 0) is 34.7 Å². The predicted molar refractivity (Wildman–Crippen MR) is 222 cm³/mol. The maximum atomic E-state index is 14.8. The fraction of sp³-hybridized carbons (Fsp3) is 0.643. The van der Waals surface area contributed by atoms with Gasteiger partial charge < -0.3 is 30.9 Å². The van der Waals surface area contributed by atoms with E-state index in [0.29, 0.717) is 18.0 Å². The average molecular weight is 825 g/mol. The zero-order chi connectivity index (χ0) is 43.1. The lowest BCUT2D eigenvalue weighted by Gasteiger charge is -2.43. The van der Waals surface area contributed by atoms with E-state index in [0.717, 1.165) is 5.56 Å². The van der Waals surface area contributed by atoms with Crippen LogP contribution in [0, 0.1) is 22.7 Å². The molecule has 1 aromatic heterocycles. The Kier molecular flexibility index (Phi) is 15.6. The minimum Gasteiger partial charge on any atom is -0.469 e. The molecular weight excluding hydrogens is 761 g/mol. The van der Waals surface area contributed by atoms with E-state index >= 15 is 0 Å². The summed E-state index contributed by atoms with van der Waals surface area (Å²) in [5.41, 5.74) is -0.586. The number of ether oxygens (including phenoxy) is 1. The van der Waals surface area contributed by atoms with Gasteiger partial charge in [-0.2, -0.15) is 0 Å². The van der Waals surface area contributed by atoms with E-state index in [1.165, 1.54) is 18.4 Å². The highest BCUT2D eigenvalue weighted by Gasteiger charge is 2.45. The molecule has 3 heterocycles. The van der Waals surface area contributed by atoms with E-state index in [2.05, 4.69) is 36.9 Å². The van der Waals surface area contributed by atoms with E-state index in [1.807, 2.05) is 99.6 Å². The number of amides is 5. The lowest BCUT2D eigenvalue weighted by molar-refractivity contribution is -0.142. The third-order valence-corrected chi connectivity index (χ3v) is 12.0. The molecule has 16 heteroatoms. The van der Waals surface area contributed by atoms with Gasteiger partial charge in [-0.25, -0.2) is 4.98 Å². The Bertz CT molecular complexity index is 1740. The van der Waals surface area contributed by atoms with Crippen LogP contribution in [0.3, 0.4) is 0 Å². The van der Waals surface area contributed by atoms with Crippen molar-refractivity contribution in [2.75, 3.05) is 20.2 Å². The summed E-state index contributed by atoms with van der Waals surface area (Å²) in [7, 11) is 1.27. The van der Waals surface area contributed by atoms with Crippen LogP contribution in [0.15, 0.2) is 41.9 Å². The van der Waals surface area contributed by atoms with Gasteiger partial charge in [0.25, 0.3) is 0 Å². The third-order valence-electron chi connectivity index (χ3n) is 11.1. The zero-order valence-electron chi connectivity index (χ0n) is 35.8. The van der Waals surface area contributed by atoms with Gasteiger partial charge in [0.05, 0.1) is 44.4 Å². The number of aromatic nitrogens is 1. The Morgan fingerprint density at radius 1 is 0.966 bits per heavy atom. The monoisotopic (exact) mass is 824 g/mol. The topological polar surface area (TPSA) is 200 Å². The molecule has 2 aliphatic heterocycles. The summed E-state index contributed by atoms with van der Waals surface area (Å²) in [6, 6.07) is 4.16. The number of methoxy groups -OCH3 is 1. The maximum absolute atomic E-state index is 14.8. The number of carbonyl (C=O) groups excluding carboxylic acids is 6. The summed E-state index contributed by atoms with van der Waals surface area (Å²) in [6.07, 6.45) is 1.23. The number of rotatable bonds is 12. The van der Waals surface area contributed by atoms with Crippen LogP contribution < -0.4 is 31.9 Å². The van der Waals surface area contributed by atoms with Crippen molar-refractivity contribution in [3.63, 3.8) is 0 Å². The molecule has 0 bridgehead atoms. The minimum atomic E-state index is -1.10. The number of esters is 1. The van der Waals surface area contributed by atoms with Gasteiger partial charge in [-0.15, -0.1) is 11.3 Å². The first-order chi connectivity index (χ1) is 27.1. The summed E-state index contributed by atoms with van der Waals surface area (Å²) in [5.74, 6) is -3.44. The maximum Gasteiger partial charge on any atom is 0.308 e. The molecule has 320 valence electrons. The standard InChI is InChI=1S/C42H64N8O7S/c1-23(2)30-36(53)49-33(41(5,6)7)35(44-22-28(51)50-19-17-24(3)32(50)38(55)46-30)48-34(42(8,9)10)39(56)47-31(25(4)26-15-13-12-14-16-26)37(54)45-27(21-29(52)57-11)40-43-18-20-58-40/h12-16,18,20,23-25,27,30-35,44,48H,17,19,21-22H2,1-11H3,(H,45,54)(H,46,55)(H,47,56)(H,49,53)/t24-,25+,27-,30+,31+,32+,33-,34-,35?/m1/s1. The molecule has 5 amide bonds. The molecule has 15 nitrogen and oxygen atoms in total. The molecule has 0 radical (unpaired) electrons. The van der Waals surface area contributed by atoms with Gasteiger partial charge in [-0.3, -0.25) is 39.4 Å². The first-order valence-electron chi connectivity index (χ1n) is 20.2. The molecule has 1 aromatic carbocycles. The molecular formula is C42H64N8O7S. The molecule has 6 N–H and O–H groups in total. The highest BCUT2D eigenvalue weighted by molar-refractivity contribution is 7.09. The molecule has 2 aromatic rings. The second-order valence-corrected chi connectivity index (χ2v) is 19.0. The van der Waals surface area contributed by atoms with Crippen LogP contribution in [0.5, 0.6) is 0 Å². The first-order valence-corrected chi connectivity index (χ1v) is 21.0. The number of benzene rings is 1. The molecule has 9 atom stereocenters. The molecule has 2 fully saturated rings. The van der Waals surface area contributed by atoms with Gasteiger partial charge in [0.1, 0.15) is 23.1 Å². The van der Waals surface area contributed by atoms with E-state index in [-0.39, 0.29) is 42.5 Å². The van der Waals surface area contributed by atoms with Crippen molar-refractivity contribution in [3.8, 4) is 0 Å². The number of hydrogen-bond donors (Lipinski definition) is 6. The van der Waals surface area contributed by atoms with E-state index in [4.69, 9.17) is 4.74 Å². The molecule has 0 aliphatic carbocycles. The van der Waals surface area contributed by atoms with Crippen molar-refractivity contribution in [1.29, 1.82) is 0 Å². The van der Waals surface area contributed by atoms with E-state index < -0.39 is 76.9 Å². The number of nitrogens with one attached hydrogen (secondary N) is 6. The van der Waals surface area contributed by atoms with Crippen molar-refractivity contribution in [2.24, 2.45) is 22.7 Å². The van der Waals surface area contributed by atoms with Gasteiger partial charge >= 0.3 is 5.97 Å². The highest BCUT2D eigenvalue weighted by atomic mass is 32.1. The summed E-state index contributed by atoms with van der Waals surface area (Å²) in [4.78, 5) is 89.2. The lowest BCUT2D eigenvalue weighted by Crippen LogP contribution is -2.70. The van der Waals surface area contributed by atoms with E-state index in [9.17, 15) is 28.8 Å². The molecule has 2 aliphatic rings. The van der Waals surface area contributed by atoms with Crippen LogP contribution in [-0.2, 0) is 33.5 Å². The van der Waals surface area contributed by atoms with Crippen molar-refractivity contribution >= 4 is 46.8 Å². The van der Waals surface area contributed by atoms with Gasteiger partial charge in [0.2, 0.25) is 29.5 Å². The molecule has 1 unspecified atom stereocenters. The largest absolute Gasteiger partial charge is 0.469 e. The number of hydrogen-bond acceptors (Lipinski definition) is 11. The molecule has 4 rings (SSSR count). The van der Waals surface area contributed by atoms with Crippen molar-refractivity contribution in [3.05, 3.63) is 52.5 Å². The fourth-order valence-electron chi connectivity index (χ4n) is 7.63. The highest BCUT2D eigenvalue weighted by Crippen LogP contribution is 2.29. The number of thiazole rings is 1. The zero-order valence-corrected chi connectivity index (χ0v) is 36.6. The Morgan fingerprint density at radius 3 is 2.21 bits per heavy atom. The van der Waals surface area contributed by atoms with Crippen molar-refractivity contribution in [1.82, 2.24) is 41.8 Å². The molecule has 0 spiro atoms. The Balaban J connectivity index is 1.72. The fourth-order valence-corrected chi connectivity index (χ4v) is 8.32. The SMILES string of the molecule is COC(=O)C[C@@H](NC(=O)[C@@H](NC(=O)[C@@H](NC1NCC(=O)N2CC[C@@H](C)[C@H]2C(=O)N[C@@H](C(C)C)C(=O)N[C@H]1C(C)(C)C)C(C)(C)C)[C@@H](C)c1ccccc1)c1nccs1. The quantitative estimate of drug-likeness (QED) is 0.173. The average Bonchev–Trinajstić information content (AvgIpc) is 3.83. The second kappa shape index (κ2) is 19.6. The van der Waals surface area contributed by atoms with Crippen LogP contribution in [0.1, 0.15) is 105 Å². The molecule has 2 saturated heterocycles. The normalized spacial score (nSPS) is 24.2. The van der Waals surface area contributed by atoms with Gasteiger partial charge in [0, 0.05) is 24.0 Å². The summed E-state index contributed by atoms with van der Waals surface area (Å²) < 4.78 is 4.92. The Labute approximate surface area is 347 Å². The van der Waals surface area contributed by atoms with Crippen molar-refractivity contribution < 1.29 is 33.5 Å². The number of nitrogens with zero attached hydrogens (tertiary/aromatic N) is 2. The smallest absolute Gasteiger partial charge is 0.308 e. The summed E-state index contributed by atoms with van der Waals surface area (Å²) >= 11 is 1.29. The summed E-state index contributed by atoms with van der Waals surface area (Å²) in [5, 5.41) is 21.2. The number of fused-ring (bicyclic) bond motifs is 1. The molecule has 0 saturated carbocycles. The predicted octanol–water partition coefficient (Wildman–Crippen LogP) is 2.99. The third kappa shape index (κ3) is 11.6. The van der Waals surface area contributed by atoms with Crippen LogP contribution in [-0.4, -0.2) is 102 Å². The Morgan fingerprint density at radius 2 is 1.64 bits per heavy atom. The lowest BCUT2D eigenvalue weighted by atomic mass is 9.81. The second-order valence-electron chi connectivity index (χ2n) is 18.1. The van der Waals surface area contributed by atoms with Crippen LogP contribution in [0.2, 0.25) is 0 Å². The van der Waals surface area contributed by atoms with Crippen LogP contribution in [0.4, 0.5) is 0 Å².